The summed E-state index contributed by atoms with van der Waals surface area (Å²) in [5, 5.41) is 13.4. The standard InChI is InChI=1S/C14H24N2O3S/c1-2-19-12-7-11(17)14(12)3-5-16(6-4-14)13(18)10-8-20-9-15-10/h10-12,15,17H,2-9H2,1H3/t10-,11-,12+/m1/s1. The Labute approximate surface area is 124 Å². The molecule has 0 aromatic rings. The van der Waals surface area contributed by atoms with E-state index in [2.05, 4.69) is 5.32 Å². The van der Waals surface area contributed by atoms with Gasteiger partial charge in [-0.15, -0.1) is 11.8 Å². The second-order valence-corrected chi connectivity index (χ2v) is 7.06. The number of ether oxygens (including phenoxy) is 1. The second-order valence-electron chi connectivity index (χ2n) is 6.03. The molecule has 3 fully saturated rings. The highest BCUT2D eigenvalue weighted by atomic mass is 32.2. The SMILES string of the molecule is CCO[C@H]1C[C@@H](O)C12CCN(C(=O)[C@H]1CSCN1)CC2. The third-order valence-corrected chi connectivity index (χ3v) is 6.07. The Hall–Kier alpha value is -0.300. The Morgan fingerprint density at radius 1 is 1.50 bits per heavy atom. The second kappa shape index (κ2) is 5.83. The van der Waals surface area contributed by atoms with Gasteiger partial charge in [0.25, 0.3) is 0 Å². The highest BCUT2D eigenvalue weighted by Crippen LogP contribution is 2.50. The van der Waals surface area contributed by atoms with E-state index in [0.29, 0.717) is 6.61 Å². The van der Waals surface area contributed by atoms with E-state index in [1.54, 1.807) is 11.8 Å². The van der Waals surface area contributed by atoms with Crippen molar-refractivity contribution in [3.05, 3.63) is 0 Å². The minimum atomic E-state index is -0.253. The lowest BCUT2D eigenvalue weighted by molar-refractivity contribution is -0.210. The Morgan fingerprint density at radius 3 is 2.80 bits per heavy atom. The van der Waals surface area contributed by atoms with Gasteiger partial charge in [-0.2, -0.15) is 0 Å². The quantitative estimate of drug-likeness (QED) is 0.791. The number of hydrogen-bond acceptors (Lipinski definition) is 5. The summed E-state index contributed by atoms with van der Waals surface area (Å²) in [4.78, 5) is 14.3. The molecule has 1 spiro atoms. The lowest BCUT2D eigenvalue weighted by Crippen LogP contribution is -2.63. The number of hydrogen-bond donors (Lipinski definition) is 2. The van der Waals surface area contributed by atoms with Gasteiger partial charge in [0.1, 0.15) is 0 Å². The molecule has 0 aromatic carbocycles. The van der Waals surface area contributed by atoms with Crippen LogP contribution >= 0.6 is 11.8 Å². The zero-order valence-corrected chi connectivity index (χ0v) is 12.8. The molecule has 5 nitrogen and oxygen atoms in total. The highest BCUT2D eigenvalue weighted by molar-refractivity contribution is 7.99. The average Bonchev–Trinajstić information content (AvgIpc) is 3.01. The minimum Gasteiger partial charge on any atom is -0.392 e. The third kappa shape index (κ3) is 2.36. The summed E-state index contributed by atoms with van der Waals surface area (Å²) < 4.78 is 5.76. The molecule has 3 atom stereocenters. The predicted octanol–water partition coefficient (Wildman–Crippen LogP) is 0.427. The summed E-state index contributed by atoms with van der Waals surface area (Å²) in [7, 11) is 0. The fraction of sp³-hybridized carbons (Fsp3) is 0.929. The molecule has 1 aliphatic carbocycles. The van der Waals surface area contributed by atoms with Gasteiger partial charge in [0.05, 0.1) is 18.2 Å². The van der Waals surface area contributed by atoms with Gasteiger partial charge in [0, 0.05) is 43.2 Å². The maximum Gasteiger partial charge on any atom is 0.240 e. The number of aliphatic hydroxyl groups excluding tert-OH is 1. The van der Waals surface area contributed by atoms with E-state index in [4.69, 9.17) is 4.74 Å². The van der Waals surface area contributed by atoms with Crippen molar-refractivity contribution in [3.63, 3.8) is 0 Å². The largest absolute Gasteiger partial charge is 0.392 e. The van der Waals surface area contributed by atoms with Crippen LogP contribution in [-0.2, 0) is 9.53 Å². The number of thioether (sulfide) groups is 1. The molecule has 114 valence electrons. The first-order valence-electron chi connectivity index (χ1n) is 7.57. The number of carbonyl (C=O) groups is 1. The van der Waals surface area contributed by atoms with Gasteiger partial charge in [-0.25, -0.2) is 0 Å². The molecule has 1 saturated carbocycles. The van der Waals surface area contributed by atoms with Crippen LogP contribution in [0.15, 0.2) is 0 Å². The predicted molar refractivity (Wildman–Crippen MR) is 78.5 cm³/mol. The summed E-state index contributed by atoms with van der Waals surface area (Å²) >= 11 is 1.78. The average molecular weight is 300 g/mol. The van der Waals surface area contributed by atoms with E-state index in [1.165, 1.54) is 0 Å². The zero-order chi connectivity index (χ0) is 14.2. The number of nitrogens with one attached hydrogen (secondary N) is 1. The number of aliphatic hydroxyl groups is 1. The lowest BCUT2D eigenvalue weighted by atomic mass is 9.58. The summed E-state index contributed by atoms with van der Waals surface area (Å²) in [6.07, 6.45) is 2.41. The van der Waals surface area contributed by atoms with Gasteiger partial charge in [-0.1, -0.05) is 0 Å². The van der Waals surface area contributed by atoms with Crippen LogP contribution in [0.4, 0.5) is 0 Å². The number of nitrogens with zero attached hydrogens (tertiary/aromatic N) is 1. The van der Waals surface area contributed by atoms with Crippen molar-refractivity contribution in [1.82, 2.24) is 10.2 Å². The van der Waals surface area contributed by atoms with E-state index < -0.39 is 0 Å². The molecule has 2 heterocycles. The van der Waals surface area contributed by atoms with Crippen LogP contribution in [0, 0.1) is 5.41 Å². The summed E-state index contributed by atoms with van der Waals surface area (Å²) in [6, 6.07) is -0.0111. The number of piperidine rings is 1. The Bertz CT molecular complexity index is 363. The van der Waals surface area contributed by atoms with Crippen molar-refractivity contribution in [2.75, 3.05) is 31.3 Å². The van der Waals surface area contributed by atoms with E-state index in [-0.39, 0.29) is 29.6 Å². The Balaban J connectivity index is 1.57. The highest BCUT2D eigenvalue weighted by Gasteiger charge is 2.56. The molecule has 2 aliphatic heterocycles. The van der Waals surface area contributed by atoms with Crippen LogP contribution in [0.3, 0.4) is 0 Å². The number of carbonyl (C=O) groups excluding carboxylic acids is 1. The van der Waals surface area contributed by atoms with Crippen molar-refractivity contribution in [2.45, 2.75) is 44.4 Å². The molecule has 3 rings (SSSR count). The Morgan fingerprint density at radius 2 is 2.25 bits per heavy atom. The zero-order valence-electron chi connectivity index (χ0n) is 12.0. The molecule has 0 bridgehead atoms. The van der Waals surface area contributed by atoms with Crippen molar-refractivity contribution in [1.29, 1.82) is 0 Å². The number of amides is 1. The fourth-order valence-electron chi connectivity index (χ4n) is 3.73. The first-order chi connectivity index (χ1) is 9.67. The van der Waals surface area contributed by atoms with Gasteiger partial charge < -0.3 is 14.7 Å². The van der Waals surface area contributed by atoms with Crippen molar-refractivity contribution in [2.24, 2.45) is 5.41 Å². The van der Waals surface area contributed by atoms with E-state index in [1.807, 2.05) is 11.8 Å². The normalized spacial score (nSPS) is 36.1. The number of rotatable bonds is 3. The first-order valence-corrected chi connectivity index (χ1v) is 8.72. The molecular formula is C14H24N2O3S. The maximum absolute atomic E-state index is 12.4. The topological polar surface area (TPSA) is 61.8 Å². The van der Waals surface area contributed by atoms with Gasteiger partial charge in [0.2, 0.25) is 5.91 Å². The van der Waals surface area contributed by atoms with Crippen LogP contribution in [-0.4, -0.2) is 65.5 Å². The van der Waals surface area contributed by atoms with Gasteiger partial charge in [-0.3, -0.25) is 10.1 Å². The third-order valence-electron chi connectivity index (χ3n) is 5.13. The van der Waals surface area contributed by atoms with Crippen LogP contribution in [0.25, 0.3) is 0 Å². The molecule has 6 heteroatoms. The van der Waals surface area contributed by atoms with Crippen LogP contribution in [0.2, 0.25) is 0 Å². The molecule has 1 amide bonds. The molecule has 2 N–H and O–H groups in total. The monoisotopic (exact) mass is 300 g/mol. The van der Waals surface area contributed by atoms with Gasteiger partial charge in [-0.05, 0) is 19.8 Å². The molecule has 0 aromatic heterocycles. The minimum absolute atomic E-state index is 0.0111. The summed E-state index contributed by atoms with van der Waals surface area (Å²) in [5.74, 6) is 1.98. The van der Waals surface area contributed by atoms with Crippen molar-refractivity contribution in [3.8, 4) is 0 Å². The smallest absolute Gasteiger partial charge is 0.240 e. The van der Waals surface area contributed by atoms with Crippen LogP contribution < -0.4 is 5.32 Å². The maximum atomic E-state index is 12.4. The summed E-state index contributed by atoms with van der Waals surface area (Å²) in [5.41, 5.74) is -0.0926. The van der Waals surface area contributed by atoms with Crippen molar-refractivity contribution >= 4 is 17.7 Å². The van der Waals surface area contributed by atoms with Gasteiger partial charge in [0.15, 0.2) is 0 Å². The molecule has 20 heavy (non-hydrogen) atoms. The van der Waals surface area contributed by atoms with Crippen LogP contribution in [0.1, 0.15) is 26.2 Å². The van der Waals surface area contributed by atoms with Crippen LogP contribution in [0.5, 0.6) is 0 Å². The fourth-order valence-corrected chi connectivity index (χ4v) is 4.67. The summed E-state index contributed by atoms with van der Waals surface area (Å²) in [6.45, 7) is 4.20. The first kappa shape index (κ1) is 14.6. The van der Waals surface area contributed by atoms with Gasteiger partial charge >= 0.3 is 0 Å². The van der Waals surface area contributed by atoms with E-state index >= 15 is 0 Å². The molecule has 0 unspecified atom stereocenters. The van der Waals surface area contributed by atoms with E-state index in [0.717, 1.165) is 44.0 Å². The molecule has 2 saturated heterocycles. The number of likely N-dealkylation sites (tertiary alicyclic amines) is 1. The Kier molecular flexibility index (Phi) is 4.26. The van der Waals surface area contributed by atoms with E-state index in [9.17, 15) is 9.90 Å². The lowest BCUT2D eigenvalue weighted by Gasteiger charge is -2.56. The van der Waals surface area contributed by atoms with Crippen molar-refractivity contribution < 1.29 is 14.6 Å². The molecule has 0 radical (unpaired) electrons. The molecule has 3 aliphatic rings. The molecular weight excluding hydrogens is 276 g/mol.